The minimum Gasteiger partial charge on any atom is -0.504 e. The van der Waals surface area contributed by atoms with E-state index in [2.05, 4.69) is 0 Å². The topological polar surface area (TPSA) is 66.8 Å². The summed E-state index contributed by atoms with van der Waals surface area (Å²) < 4.78 is 4.93. The molecule has 0 fully saturated rings. The molecule has 0 aliphatic heterocycles. The Hall–Kier alpha value is -1.55. The lowest BCUT2D eigenvalue weighted by molar-refractivity contribution is 0.112. The quantitative estimate of drug-likeness (QED) is 0.735. The predicted molar refractivity (Wildman–Crippen MR) is 55.5 cm³/mol. The van der Waals surface area contributed by atoms with Crippen molar-refractivity contribution >= 4 is 6.29 Å². The van der Waals surface area contributed by atoms with E-state index in [-0.39, 0.29) is 18.3 Å². The fraction of sp³-hybridized carbons (Fsp3) is 0.364. The molecule has 1 aromatic rings. The summed E-state index contributed by atoms with van der Waals surface area (Å²) in [6.45, 7) is 1.73. The molecule has 0 saturated heterocycles. The van der Waals surface area contributed by atoms with Gasteiger partial charge in [-0.25, -0.2) is 0 Å². The van der Waals surface area contributed by atoms with E-state index < -0.39 is 0 Å². The normalized spacial score (nSPS) is 12.2. The van der Waals surface area contributed by atoms with Crippen LogP contribution in [-0.2, 0) is 0 Å². The van der Waals surface area contributed by atoms with Crippen molar-refractivity contribution < 1.29 is 19.7 Å². The molecule has 0 radical (unpaired) electrons. The molecule has 0 aromatic heterocycles. The van der Waals surface area contributed by atoms with Gasteiger partial charge in [-0.15, -0.1) is 0 Å². The first kappa shape index (κ1) is 11.5. The fourth-order valence-electron chi connectivity index (χ4n) is 1.39. The monoisotopic (exact) mass is 210 g/mol. The number of hydrogen-bond donors (Lipinski definition) is 2. The van der Waals surface area contributed by atoms with Crippen LogP contribution in [0, 0.1) is 0 Å². The van der Waals surface area contributed by atoms with Gasteiger partial charge in [-0.05, 0) is 17.7 Å². The summed E-state index contributed by atoms with van der Waals surface area (Å²) in [5, 5.41) is 18.5. The predicted octanol–water partition coefficient (Wildman–Crippen LogP) is 1.31. The third-order valence-electron chi connectivity index (χ3n) is 2.32. The Balaban J connectivity index is 3.28. The van der Waals surface area contributed by atoms with Crippen LogP contribution in [0.5, 0.6) is 11.5 Å². The Morgan fingerprint density at radius 3 is 2.67 bits per heavy atom. The zero-order chi connectivity index (χ0) is 11.4. The zero-order valence-electron chi connectivity index (χ0n) is 8.73. The highest BCUT2D eigenvalue weighted by atomic mass is 16.5. The van der Waals surface area contributed by atoms with Crippen molar-refractivity contribution in [2.75, 3.05) is 13.7 Å². The molecule has 1 rings (SSSR count). The van der Waals surface area contributed by atoms with Gasteiger partial charge in [0.25, 0.3) is 0 Å². The first-order valence-electron chi connectivity index (χ1n) is 4.61. The maximum absolute atomic E-state index is 10.8. The van der Waals surface area contributed by atoms with Crippen LogP contribution in [0.2, 0.25) is 0 Å². The minimum absolute atomic E-state index is 0.0607. The maximum atomic E-state index is 10.8. The number of carbonyl (C=O) groups excluding carboxylic acids is 1. The number of aliphatic hydroxyl groups is 1. The summed E-state index contributed by atoms with van der Waals surface area (Å²) in [7, 11) is 1.43. The highest BCUT2D eigenvalue weighted by molar-refractivity contribution is 5.79. The summed E-state index contributed by atoms with van der Waals surface area (Å²) in [6.07, 6.45) is 0.653. The van der Waals surface area contributed by atoms with Crippen LogP contribution < -0.4 is 4.74 Å². The number of carbonyl (C=O) groups is 1. The maximum Gasteiger partial charge on any atom is 0.160 e. The lowest BCUT2D eigenvalue weighted by atomic mass is 9.96. The van der Waals surface area contributed by atoms with Gasteiger partial charge in [-0.1, -0.05) is 6.92 Å². The molecular weight excluding hydrogens is 196 g/mol. The number of benzene rings is 1. The Morgan fingerprint density at radius 2 is 2.20 bits per heavy atom. The van der Waals surface area contributed by atoms with Crippen LogP contribution in [0.15, 0.2) is 12.1 Å². The molecule has 0 heterocycles. The van der Waals surface area contributed by atoms with Crippen LogP contribution in [-0.4, -0.2) is 30.2 Å². The molecule has 4 heteroatoms. The van der Waals surface area contributed by atoms with E-state index >= 15 is 0 Å². The molecule has 0 saturated carbocycles. The van der Waals surface area contributed by atoms with Gasteiger partial charge in [-0.2, -0.15) is 0 Å². The molecule has 15 heavy (non-hydrogen) atoms. The summed E-state index contributed by atoms with van der Waals surface area (Å²) in [5.74, 6) is 0.0593. The molecule has 0 bridgehead atoms. The van der Waals surface area contributed by atoms with Crippen molar-refractivity contribution in [1.82, 2.24) is 0 Å². The van der Waals surface area contributed by atoms with Gasteiger partial charge in [-0.3, -0.25) is 4.79 Å². The number of aromatic hydroxyl groups is 1. The summed E-state index contributed by atoms with van der Waals surface area (Å²) in [5.41, 5.74) is 1.04. The van der Waals surface area contributed by atoms with Crippen molar-refractivity contribution in [3.8, 4) is 11.5 Å². The number of rotatable bonds is 4. The molecule has 1 unspecified atom stereocenters. The number of phenols is 1. The lowest BCUT2D eigenvalue weighted by Crippen LogP contribution is -2.03. The molecular formula is C11H14O4. The SMILES string of the molecule is COc1cc(C(C)CO)c(C=O)cc1O. The summed E-state index contributed by atoms with van der Waals surface area (Å²) in [4.78, 5) is 10.8. The average molecular weight is 210 g/mol. The van der Waals surface area contributed by atoms with Gasteiger partial charge < -0.3 is 14.9 Å². The van der Waals surface area contributed by atoms with Crippen LogP contribution in [0.1, 0.15) is 28.8 Å². The van der Waals surface area contributed by atoms with Crippen molar-refractivity contribution in [2.24, 2.45) is 0 Å². The molecule has 1 aromatic carbocycles. The number of methoxy groups -OCH3 is 1. The van der Waals surface area contributed by atoms with E-state index in [0.29, 0.717) is 23.2 Å². The van der Waals surface area contributed by atoms with Gasteiger partial charge >= 0.3 is 0 Å². The molecule has 0 amide bonds. The van der Waals surface area contributed by atoms with Crippen LogP contribution in [0.3, 0.4) is 0 Å². The second kappa shape index (κ2) is 4.79. The highest BCUT2D eigenvalue weighted by Crippen LogP contribution is 2.32. The van der Waals surface area contributed by atoms with Crippen LogP contribution in [0.4, 0.5) is 0 Å². The molecule has 4 nitrogen and oxygen atoms in total. The minimum atomic E-state index is -0.167. The summed E-state index contributed by atoms with van der Waals surface area (Å²) >= 11 is 0. The molecule has 1 atom stereocenters. The summed E-state index contributed by atoms with van der Waals surface area (Å²) in [6, 6.07) is 2.91. The van der Waals surface area contributed by atoms with Crippen LogP contribution in [0.25, 0.3) is 0 Å². The Labute approximate surface area is 88.1 Å². The lowest BCUT2D eigenvalue weighted by Gasteiger charge is -2.13. The Bertz CT molecular complexity index is 360. The van der Waals surface area contributed by atoms with Gasteiger partial charge in [0.2, 0.25) is 0 Å². The number of ether oxygens (including phenoxy) is 1. The van der Waals surface area contributed by atoms with E-state index in [1.165, 1.54) is 13.2 Å². The van der Waals surface area contributed by atoms with Crippen molar-refractivity contribution in [1.29, 1.82) is 0 Å². The first-order valence-corrected chi connectivity index (χ1v) is 4.61. The number of aldehydes is 1. The largest absolute Gasteiger partial charge is 0.504 e. The van der Waals surface area contributed by atoms with Gasteiger partial charge in [0.05, 0.1) is 7.11 Å². The Morgan fingerprint density at radius 1 is 1.53 bits per heavy atom. The number of hydrogen-bond acceptors (Lipinski definition) is 4. The smallest absolute Gasteiger partial charge is 0.160 e. The standard InChI is InChI=1S/C11H14O4/c1-7(5-12)9-4-11(15-2)10(14)3-8(9)6-13/h3-4,6-7,12,14H,5H2,1-2H3. The third-order valence-corrected chi connectivity index (χ3v) is 2.32. The van der Waals surface area contributed by atoms with E-state index in [1.807, 2.05) is 0 Å². The molecule has 2 N–H and O–H groups in total. The second-order valence-electron chi connectivity index (χ2n) is 3.35. The van der Waals surface area contributed by atoms with Gasteiger partial charge in [0.1, 0.15) is 6.29 Å². The molecule has 0 aliphatic rings. The molecule has 0 aliphatic carbocycles. The third kappa shape index (κ3) is 2.27. The number of phenolic OH excluding ortho intramolecular Hbond substituents is 1. The zero-order valence-corrected chi connectivity index (χ0v) is 8.73. The van der Waals surface area contributed by atoms with E-state index in [1.54, 1.807) is 13.0 Å². The second-order valence-corrected chi connectivity index (χ2v) is 3.35. The van der Waals surface area contributed by atoms with Crippen molar-refractivity contribution in [2.45, 2.75) is 12.8 Å². The van der Waals surface area contributed by atoms with E-state index in [4.69, 9.17) is 9.84 Å². The Kier molecular flexibility index (Phi) is 3.68. The van der Waals surface area contributed by atoms with Crippen molar-refractivity contribution in [3.05, 3.63) is 23.3 Å². The number of aliphatic hydroxyl groups excluding tert-OH is 1. The van der Waals surface area contributed by atoms with Crippen molar-refractivity contribution in [3.63, 3.8) is 0 Å². The van der Waals surface area contributed by atoms with E-state index in [9.17, 15) is 9.90 Å². The average Bonchev–Trinajstić information content (AvgIpc) is 2.27. The first-order chi connectivity index (χ1) is 7.13. The van der Waals surface area contributed by atoms with Crippen LogP contribution >= 0.6 is 0 Å². The molecule has 82 valence electrons. The fourth-order valence-corrected chi connectivity index (χ4v) is 1.39. The van der Waals surface area contributed by atoms with E-state index in [0.717, 1.165) is 0 Å². The van der Waals surface area contributed by atoms with Gasteiger partial charge in [0.15, 0.2) is 11.5 Å². The highest BCUT2D eigenvalue weighted by Gasteiger charge is 2.14. The molecule has 0 spiro atoms. The van der Waals surface area contributed by atoms with Gasteiger partial charge in [0, 0.05) is 18.1 Å².